The molecule has 0 radical (unpaired) electrons. The van der Waals surface area contributed by atoms with Gasteiger partial charge < -0.3 is 15.1 Å². The zero-order valence-electron chi connectivity index (χ0n) is 21.1. The number of nitrogens with zero attached hydrogens (tertiary/aromatic N) is 4. The third kappa shape index (κ3) is 3.51. The number of piperidine rings is 1. The molecule has 188 valence electrons. The molecule has 0 amide bonds. The largest absolute Gasteiger partial charge is 0.508 e. The Hall–Kier alpha value is -1.89. The van der Waals surface area contributed by atoms with Crippen LogP contribution in [0.4, 0.5) is 0 Å². The number of hydrogen-bond donors (Lipinski definition) is 2. The van der Waals surface area contributed by atoms with Gasteiger partial charge in [-0.1, -0.05) is 6.07 Å². The van der Waals surface area contributed by atoms with Crippen molar-refractivity contribution in [3.05, 3.63) is 47.3 Å². The quantitative estimate of drug-likeness (QED) is 0.703. The summed E-state index contributed by atoms with van der Waals surface area (Å²) >= 11 is 0. The number of phenolic OH excluding ortho intramolecular Hbond substituents is 1. The molecular formula is C29H40N4O2. The van der Waals surface area contributed by atoms with Crippen molar-refractivity contribution in [2.24, 2.45) is 5.92 Å². The van der Waals surface area contributed by atoms with Crippen LogP contribution in [0.15, 0.2) is 30.6 Å². The summed E-state index contributed by atoms with van der Waals surface area (Å²) in [6, 6.07) is 7.23. The number of aromatic nitrogens is 2. The number of rotatable bonds is 4. The predicted molar refractivity (Wildman–Crippen MR) is 136 cm³/mol. The first-order valence-electron chi connectivity index (χ1n) is 14.0. The van der Waals surface area contributed by atoms with Crippen molar-refractivity contribution in [3.63, 3.8) is 0 Å². The maximum atomic E-state index is 12.7. The molecule has 2 saturated heterocycles. The number of fused-ring (bicyclic) bond motifs is 1. The van der Waals surface area contributed by atoms with Gasteiger partial charge in [0.1, 0.15) is 5.75 Å². The van der Waals surface area contributed by atoms with Crippen molar-refractivity contribution in [2.75, 3.05) is 26.2 Å². The van der Waals surface area contributed by atoms with Crippen molar-refractivity contribution in [1.29, 1.82) is 0 Å². The van der Waals surface area contributed by atoms with Gasteiger partial charge in [0, 0.05) is 36.8 Å². The van der Waals surface area contributed by atoms with Gasteiger partial charge in [0.15, 0.2) is 0 Å². The molecule has 2 aromatic rings. The van der Waals surface area contributed by atoms with E-state index in [9.17, 15) is 10.2 Å². The minimum atomic E-state index is -0.729. The lowest BCUT2D eigenvalue weighted by Gasteiger charge is -2.61. The summed E-state index contributed by atoms with van der Waals surface area (Å²) in [6.07, 6.45) is 14.1. The second-order valence-corrected chi connectivity index (χ2v) is 12.4. The van der Waals surface area contributed by atoms with E-state index >= 15 is 0 Å². The third-order valence-corrected chi connectivity index (χ3v) is 10.5. The van der Waals surface area contributed by atoms with Crippen LogP contribution in [0, 0.1) is 12.8 Å². The van der Waals surface area contributed by atoms with Crippen LogP contribution in [-0.2, 0) is 11.8 Å². The standard InChI is InChI=1S/C29H40N4O2/c1-20-17-30-33(18-20)24-6-5-23(15-24)31-11-8-28-9-12-32(19-21-2-3-21)27(29(28,35)10-13-31)14-22-4-7-25(34)16-26(22)28/h4,7,16-18,21,23-24,27,34-35H,2-3,5-6,8-15,19H2,1H3/t23-,24-,27-,28+,29-/m1/s1. The SMILES string of the molecule is Cc1cnn([C@@H]2CC[C@@H](N3CC[C@]45CCN(CC6CC6)[C@H](Cc6ccc(O)cc64)[C@]5(O)CC3)C2)c1. The number of hydrogen-bond acceptors (Lipinski definition) is 5. The van der Waals surface area contributed by atoms with E-state index in [1.165, 1.54) is 42.4 Å². The van der Waals surface area contributed by atoms with Gasteiger partial charge in [0.05, 0.1) is 17.8 Å². The Balaban J connectivity index is 1.19. The van der Waals surface area contributed by atoms with Crippen molar-refractivity contribution in [3.8, 4) is 5.75 Å². The lowest BCUT2D eigenvalue weighted by Crippen LogP contribution is -2.71. The second kappa shape index (κ2) is 8.06. The fourth-order valence-electron chi connectivity index (χ4n) is 8.39. The molecule has 6 heteroatoms. The van der Waals surface area contributed by atoms with Crippen LogP contribution in [0.25, 0.3) is 0 Å². The Kier molecular flexibility index (Phi) is 5.14. The van der Waals surface area contributed by atoms with E-state index in [2.05, 4.69) is 38.8 Å². The Morgan fingerprint density at radius 2 is 1.83 bits per heavy atom. The molecule has 5 aliphatic rings. The normalized spacial score (nSPS) is 37.6. The first kappa shape index (κ1) is 22.3. The average Bonchev–Trinajstić information content (AvgIpc) is 3.39. The Bertz CT molecular complexity index is 1110. The maximum absolute atomic E-state index is 12.7. The van der Waals surface area contributed by atoms with Crippen molar-refractivity contribution >= 4 is 0 Å². The summed E-state index contributed by atoms with van der Waals surface area (Å²) in [5, 5.41) is 27.8. The Labute approximate surface area is 208 Å². The lowest BCUT2D eigenvalue weighted by atomic mass is 9.52. The molecule has 2 saturated carbocycles. The van der Waals surface area contributed by atoms with E-state index in [1.54, 1.807) is 0 Å². The summed E-state index contributed by atoms with van der Waals surface area (Å²) in [6.45, 7) is 6.33. The van der Waals surface area contributed by atoms with E-state index in [0.717, 1.165) is 64.2 Å². The highest BCUT2D eigenvalue weighted by atomic mass is 16.3. The van der Waals surface area contributed by atoms with Gasteiger partial charge in [0.2, 0.25) is 0 Å². The molecule has 3 heterocycles. The third-order valence-electron chi connectivity index (χ3n) is 10.5. The van der Waals surface area contributed by atoms with Crippen molar-refractivity contribution in [1.82, 2.24) is 19.6 Å². The molecule has 6 nitrogen and oxygen atoms in total. The van der Waals surface area contributed by atoms with Gasteiger partial charge in [-0.05, 0) is 113 Å². The lowest BCUT2D eigenvalue weighted by molar-refractivity contribution is -0.149. The Morgan fingerprint density at radius 1 is 1.03 bits per heavy atom. The first-order valence-corrected chi connectivity index (χ1v) is 14.0. The van der Waals surface area contributed by atoms with Crippen molar-refractivity contribution < 1.29 is 10.2 Å². The second-order valence-electron chi connectivity index (χ2n) is 12.4. The molecule has 0 spiro atoms. The number of aryl methyl sites for hydroxylation is 1. The highest BCUT2D eigenvalue weighted by Crippen LogP contribution is 2.57. The molecule has 2 N–H and O–H groups in total. The van der Waals surface area contributed by atoms with Gasteiger partial charge in [-0.15, -0.1) is 0 Å². The zero-order valence-corrected chi connectivity index (χ0v) is 21.1. The summed E-state index contributed by atoms with van der Waals surface area (Å²) < 4.78 is 2.18. The van der Waals surface area contributed by atoms with Gasteiger partial charge in [-0.3, -0.25) is 9.58 Å². The smallest absolute Gasteiger partial charge is 0.115 e. The highest BCUT2D eigenvalue weighted by molar-refractivity contribution is 5.48. The summed E-state index contributed by atoms with van der Waals surface area (Å²) in [5.41, 5.74) is 2.84. The van der Waals surface area contributed by atoms with Crippen LogP contribution in [0.2, 0.25) is 0 Å². The minimum absolute atomic E-state index is 0.192. The van der Waals surface area contributed by atoms with Crippen LogP contribution < -0.4 is 0 Å². The van der Waals surface area contributed by atoms with Gasteiger partial charge in [-0.2, -0.15) is 5.10 Å². The molecular weight excluding hydrogens is 436 g/mol. The molecule has 1 aromatic heterocycles. The first-order chi connectivity index (χ1) is 16.9. The van der Waals surface area contributed by atoms with E-state index in [-0.39, 0.29) is 11.5 Å². The average molecular weight is 477 g/mol. The van der Waals surface area contributed by atoms with Gasteiger partial charge in [-0.25, -0.2) is 0 Å². The maximum Gasteiger partial charge on any atom is 0.115 e. The fraction of sp³-hybridized carbons (Fsp3) is 0.690. The number of aliphatic hydroxyl groups is 1. The van der Waals surface area contributed by atoms with Crippen LogP contribution in [0.3, 0.4) is 0 Å². The zero-order chi connectivity index (χ0) is 23.8. The summed E-state index contributed by atoms with van der Waals surface area (Å²) in [5.74, 6) is 1.17. The van der Waals surface area contributed by atoms with E-state index in [1.807, 2.05) is 18.3 Å². The monoisotopic (exact) mass is 476 g/mol. The van der Waals surface area contributed by atoms with Crippen LogP contribution in [0.5, 0.6) is 5.75 Å². The molecule has 4 fully saturated rings. The molecule has 2 aliphatic heterocycles. The Morgan fingerprint density at radius 3 is 2.63 bits per heavy atom. The van der Waals surface area contributed by atoms with E-state index < -0.39 is 5.60 Å². The molecule has 0 unspecified atom stereocenters. The molecule has 1 aromatic carbocycles. The fourth-order valence-corrected chi connectivity index (χ4v) is 8.39. The van der Waals surface area contributed by atoms with Gasteiger partial charge in [0.25, 0.3) is 0 Å². The van der Waals surface area contributed by atoms with Crippen LogP contribution in [-0.4, -0.2) is 73.7 Å². The molecule has 5 atom stereocenters. The molecule has 3 aliphatic carbocycles. The van der Waals surface area contributed by atoms with Crippen molar-refractivity contribution in [2.45, 2.75) is 93.9 Å². The van der Waals surface area contributed by atoms with Gasteiger partial charge >= 0.3 is 0 Å². The summed E-state index contributed by atoms with van der Waals surface area (Å²) in [7, 11) is 0. The predicted octanol–water partition coefficient (Wildman–Crippen LogP) is 3.80. The van der Waals surface area contributed by atoms with Crippen LogP contribution in [0.1, 0.15) is 74.1 Å². The van der Waals surface area contributed by atoms with E-state index in [0.29, 0.717) is 17.8 Å². The summed E-state index contributed by atoms with van der Waals surface area (Å²) in [4.78, 5) is 5.34. The number of likely N-dealkylation sites (tertiary alicyclic amines) is 2. The molecule has 7 rings (SSSR count). The molecule has 35 heavy (non-hydrogen) atoms. The van der Waals surface area contributed by atoms with Crippen LogP contribution >= 0.6 is 0 Å². The number of phenols is 1. The molecule has 2 bridgehead atoms. The topological polar surface area (TPSA) is 64.8 Å². The number of benzene rings is 1. The number of aromatic hydroxyl groups is 1. The highest BCUT2D eigenvalue weighted by Gasteiger charge is 2.63. The minimum Gasteiger partial charge on any atom is -0.508 e. The van der Waals surface area contributed by atoms with E-state index in [4.69, 9.17) is 0 Å².